The van der Waals surface area contributed by atoms with Crippen LogP contribution in [0.4, 0.5) is 4.79 Å². The molecule has 1 N–H and O–H groups in total. The first-order valence-electron chi connectivity index (χ1n) is 24.5. The molecule has 0 aromatic rings. The molecule has 0 aromatic heterocycles. The van der Waals surface area contributed by atoms with Crippen LogP contribution < -0.4 is 5.32 Å². The van der Waals surface area contributed by atoms with Gasteiger partial charge in [0.25, 0.3) is 0 Å². The Morgan fingerprint density at radius 1 is 0.482 bits per heavy atom. The molecule has 0 aromatic carbocycles. The van der Waals surface area contributed by atoms with Gasteiger partial charge in [0, 0.05) is 19.6 Å². The number of hydrogen-bond acceptors (Lipinski definition) is 6. The van der Waals surface area contributed by atoms with Crippen molar-refractivity contribution in [2.75, 3.05) is 60.0 Å². The number of esters is 1. The molecule has 1 unspecified atom stereocenters. The van der Waals surface area contributed by atoms with Crippen LogP contribution in [0.2, 0.25) is 0 Å². The van der Waals surface area contributed by atoms with E-state index in [9.17, 15) is 9.59 Å². The Balaban J connectivity index is 4.31. The van der Waals surface area contributed by atoms with Crippen LogP contribution in [-0.4, -0.2) is 81.9 Å². The van der Waals surface area contributed by atoms with Gasteiger partial charge in [-0.05, 0) is 85.0 Å². The molecular formula is C49H97N3O4. The van der Waals surface area contributed by atoms with Crippen LogP contribution in [-0.2, 0) is 14.3 Å². The maximum absolute atomic E-state index is 13.0. The summed E-state index contributed by atoms with van der Waals surface area (Å²) >= 11 is 0. The molecule has 7 heteroatoms. The smallest absolute Gasteiger partial charge is 0.407 e. The number of carbonyl (C=O) groups excluding carboxylic acids is 2. The summed E-state index contributed by atoms with van der Waals surface area (Å²) in [5.41, 5.74) is 0. The number of alkyl carbamates (subject to hydrolysis) is 1. The molecular weight excluding hydrogens is 695 g/mol. The fourth-order valence-corrected chi connectivity index (χ4v) is 7.42. The first kappa shape index (κ1) is 54.4. The monoisotopic (exact) mass is 792 g/mol. The van der Waals surface area contributed by atoms with Crippen molar-refractivity contribution in [1.82, 2.24) is 15.1 Å². The first-order valence-corrected chi connectivity index (χ1v) is 24.5. The van der Waals surface area contributed by atoms with Gasteiger partial charge in [0.2, 0.25) is 0 Å². The molecule has 0 bridgehead atoms. The minimum Gasteiger partial charge on any atom is -0.465 e. The number of allylic oxidation sites excluding steroid dienone is 2. The third kappa shape index (κ3) is 40.6. The summed E-state index contributed by atoms with van der Waals surface area (Å²) in [5.74, 6) is 0.160. The normalized spacial score (nSPS) is 12.3. The zero-order valence-electron chi connectivity index (χ0n) is 38.3. The van der Waals surface area contributed by atoms with Gasteiger partial charge in [0.1, 0.15) is 6.61 Å². The Bertz CT molecular complexity index is 851. The van der Waals surface area contributed by atoms with Gasteiger partial charge in [-0.3, -0.25) is 9.69 Å². The topological polar surface area (TPSA) is 71.1 Å². The number of carbonyl (C=O) groups is 2. The molecule has 0 aliphatic heterocycles. The predicted molar refractivity (Wildman–Crippen MR) is 243 cm³/mol. The predicted octanol–water partition coefficient (Wildman–Crippen LogP) is 13.8. The van der Waals surface area contributed by atoms with Crippen molar-refractivity contribution in [2.24, 2.45) is 5.92 Å². The molecule has 1 amide bonds. The summed E-state index contributed by atoms with van der Waals surface area (Å²) in [6.45, 7) is 12.2. The van der Waals surface area contributed by atoms with Crippen molar-refractivity contribution in [3.63, 3.8) is 0 Å². The molecule has 56 heavy (non-hydrogen) atoms. The Morgan fingerprint density at radius 2 is 0.911 bits per heavy atom. The van der Waals surface area contributed by atoms with E-state index in [1.165, 1.54) is 167 Å². The maximum atomic E-state index is 13.0. The van der Waals surface area contributed by atoms with Crippen molar-refractivity contribution in [3.8, 4) is 0 Å². The summed E-state index contributed by atoms with van der Waals surface area (Å²) in [5, 5.41) is 2.86. The Labute approximate surface area is 349 Å². The second-order valence-electron chi connectivity index (χ2n) is 17.0. The SMILES string of the molecule is CCCCCCCC/C=C\CCCCCCCCN(CCCCCCCCOC(=O)C(CCCCCC)CCCCCCCC)CCOC(=O)NCCN(C)C. The van der Waals surface area contributed by atoms with E-state index in [-0.39, 0.29) is 18.0 Å². The highest BCUT2D eigenvalue weighted by Crippen LogP contribution is 2.21. The van der Waals surface area contributed by atoms with Gasteiger partial charge in [0.05, 0.1) is 12.5 Å². The molecule has 0 aliphatic carbocycles. The van der Waals surface area contributed by atoms with Crippen molar-refractivity contribution in [1.29, 1.82) is 0 Å². The number of nitrogens with one attached hydrogen (secondary N) is 1. The number of amides is 1. The quantitative estimate of drug-likeness (QED) is 0.0376. The van der Waals surface area contributed by atoms with Gasteiger partial charge in [-0.2, -0.15) is 0 Å². The summed E-state index contributed by atoms with van der Waals surface area (Å²) in [6.07, 6.45) is 44.5. The van der Waals surface area contributed by atoms with Crippen molar-refractivity contribution in [2.45, 2.75) is 226 Å². The van der Waals surface area contributed by atoms with Gasteiger partial charge < -0.3 is 19.7 Å². The fraction of sp³-hybridized carbons (Fsp3) is 0.918. The van der Waals surface area contributed by atoms with Gasteiger partial charge in [-0.25, -0.2) is 4.79 Å². The molecule has 332 valence electrons. The minimum absolute atomic E-state index is 0.0620. The summed E-state index contributed by atoms with van der Waals surface area (Å²) in [4.78, 5) is 29.7. The van der Waals surface area contributed by atoms with Crippen molar-refractivity contribution < 1.29 is 19.1 Å². The lowest BCUT2D eigenvalue weighted by Crippen LogP contribution is -2.35. The average Bonchev–Trinajstić information content (AvgIpc) is 3.18. The summed E-state index contributed by atoms with van der Waals surface area (Å²) in [7, 11) is 4.00. The zero-order valence-corrected chi connectivity index (χ0v) is 38.3. The highest BCUT2D eigenvalue weighted by atomic mass is 16.5. The van der Waals surface area contributed by atoms with Gasteiger partial charge in [0.15, 0.2) is 0 Å². The highest BCUT2D eigenvalue weighted by Gasteiger charge is 2.19. The average molecular weight is 792 g/mol. The fourth-order valence-electron chi connectivity index (χ4n) is 7.42. The lowest BCUT2D eigenvalue weighted by Gasteiger charge is -2.22. The van der Waals surface area contributed by atoms with Gasteiger partial charge in [-0.15, -0.1) is 0 Å². The van der Waals surface area contributed by atoms with E-state index in [1.54, 1.807) is 0 Å². The Morgan fingerprint density at radius 3 is 1.41 bits per heavy atom. The number of ether oxygens (including phenoxy) is 2. The van der Waals surface area contributed by atoms with Crippen molar-refractivity contribution in [3.05, 3.63) is 12.2 Å². The molecule has 0 saturated carbocycles. The van der Waals surface area contributed by atoms with E-state index < -0.39 is 0 Å². The maximum Gasteiger partial charge on any atom is 0.407 e. The van der Waals surface area contributed by atoms with E-state index in [0.717, 1.165) is 64.7 Å². The Kier molecular flexibility index (Phi) is 43.2. The number of hydrogen-bond donors (Lipinski definition) is 1. The van der Waals surface area contributed by atoms with E-state index in [2.05, 4.69) is 48.0 Å². The molecule has 0 fully saturated rings. The van der Waals surface area contributed by atoms with E-state index in [1.807, 2.05) is 14.1 Å². The van der Waals surface area contributed by atoms with Crippen LogP contribution in [0.1, 0.15) is 226 Å². The number of rotatable bonds is 44. The highest BCUT2D eigenvalue weighted by molar-refractivity contribution is 5.72. The molecule has 0 heterocycles. The van der Waals surface area contributed by atoms with E-state index in [0.29, 0.717) is 19.8 Å². The third-order valence-corrected chi connectivity index (χ3v) is 11.2. The first-order chi connectivity index (χ1) is 27.4. The second kappa shape index (κ2) is 44.5. The third-order valence-electron chi connectivity index (χ3n) is 11.2. The zero-order chi connectivity index (χ0) is 41.0. The molecule has 0 aliphatic rings. The van der Waals surface area contributed by atoms with Crippen LogP contribution in [0.3, 0.4) is 0 Å². The minimum atomic E-state index is -0.310. The van der Waals surface area contributed by atoms with E-state index >= 15 is 0 Å². The van der Waals surface area contributed by atoms with Crippen LogP contribution in [0.15, 0.2) is 12.2 Å². The lowest BCUT2D eigenvalue weighted by atomic mass is 9.94. The molecule has 0 spiro atoms. The van der Waals surface area contributed by atoms with Gasteiger partial charge in [-0.1, -0.05) is 181 Å². The van der Waals surface area contributed by atoms with Crippen LogP contribution in [0, 0.1) is 5.92 Å². The number of likely N-dealkylation sites (N-methyl/N-ethyl adjacent to an activating group) is 1. The van der Waals surface area contributed by atoms with Crippen LogP contribution in [0.25, 0.3) is 0 Å². The van der Waals surface area contributed by atoms with E-state index in [4.69, 9.17) is 9.47 Å². The van der Waals surface area contributed by atoms with Crippen LogP contribution in [0.5, 0.6) is 0 Å². The van der Waals surface area contributed by atoms with Crippen molar-refractivity contribution >= 4 is 12.1 Å². The molecule has 0 saturated heterocycles. The largest absolute Gasteiger partial charge is 0.465 e. The second-order valence-corrected chi connectivity index (χ2v) is 17.0. The summed E-state index contributed by atoms with van der Waals surface area (Å²) in [6, 6.07) is 0. The molecule has 0 rings (SSSR count). The lowest BCUT2D eigenvalue weighted by molar-refractivity contribution is -0.149. The standard InChI is InChI=1S/C49H97N3O4/c1-6-9-12-15-17-18-19-20-21-22-23-24-25-26-30-35-41-52(44-46-56-49(54)50-40-43-51(4)5)42-36-31-27-28-32-37-45-55-48(53)47(38-33-14-11-8-3)39-34-29-16-13-10-7-2/h20-21,47H,6-19,22-46H2,1-5H3,(H,50,54)/b21-20-. The number of unbranched alkanes of at least 4 members (excludes halogenated alkanes) is 25. The molecule has 0 radical (unpaired) electrons. The molecule has 7 nitrogen and oxygen atoms in total. The molecule has 1 atom stereocenters. The van der Waals surface area contributed by atoms with Crippen LogP contribution >= 0.6 is 0 Å². The van der Waals surface area contributed by atoms with Gasteiger partial charge >= 0.3 is 12.1 Å². The summed E-state index contributed by atoms with van der Waals surface area (Å²) < 4.78 is 11.3. The number of nitrogens with zero attached hydrogens (tertiary/aromatic N) is 2. The Hall–Kier alpha value is -1.60.